The van der Waals surface area contributed by atoms with Gasteiger partial charge in [0.05, 0.1) is 28.3 Å². The van der Waals surface area contributed by atoms with Crippen LogP contribution in [0.2, 0.25) is 0 Å². The van der Waals surface area contributed by atoms with Crippen LogP contribution < -0.4 is 0 Å². The van der Waals surface area contributed by atoms with Gasteiger partial charge in [-0.25, -0.2) is 13.4 Å². The van der Waals surface area contributed by atoms with Crippen molar-refractivity contribution in [3.63, 3.8) is 0 Å². The molecule has 2 aromatic rings. The second-order valence-electron chi connectivity index (χ2n) is 4.57. The van der Waals surface area contributed by atoms with Crippen LogP contribution in [0.15, 0.2) is 35.7 Å². The van der Waals surface area contributed by atoms with Gasteiger partial charge in [-0.1, -0.05) is 37.3 Å². The molecule has 0 radical (unpaired) electrons. The highest BCUT2D eigenvalue weighted by Crippen LogP contribution is 2.18. The quantitative estimate of drug-likeness (QED) is 0.889. The number of hydrogen-bond acceptors (Lipinski definition) is 5. The smallest absolute Gasteiger partial charge is 0.158 e. The molecule has 0 saturated carbocycles. The molecule has 0 amide bonds. The summed E-state index contributed by atoms with van der Waals surface area (Å²) in [6.45, 7) is 1.98. The highest BCUT2D eigenvalue weighted by molar-refractivity contribution is 7.90. The first-order valence-electron chi connectivity index (χ1n) is 6.37. The molecule has 0 saturated heterocycles. The van der Waals surface area contributed by atoms with E-state index >= 15 is 0 Å². The fourth-order valence-corrected chi connectivity index (χ4v) is 4.11. The summed E-state index contributed by atoms with van der Waals surface area (Å²) >= 11 is 1.47. The Balaban J connectivity index is 2.04. The van der Waals surface area contributed by atoms with Crippen LogP contribution in [0.25, 0.3) is 0 Å². The summed E-state index contributed by atoms with van der Waals surface area (Å²) in [4.78, 5) is 4.25. The van der Waals surface area contributed by atoms with Crippen molar-refractivity contribution in [2.75, 3.05) is 5.75 Å². The number of hydrogen-bond donors (Lipinski definition) is 1. The third-order valence-electron chi connectivity index (χ3n) is 2.87. The fourth-order valence-electron chi connectivity index (χ4n) is 1.87. The van der Waals surface area contributed by atoms with Gasteiger partial charge in [0.2, 0.25) is 0 Å². The Morgan fingerprint density at radius 1 is 1.30 bits per heavy atom. The summed E-state index contributed by atoms with van der Waals surface area (Å²) in [7, 11) is -3.38. The van der Waals surface area contributed by atoms with E-state index in [-0.39, 0.29) is 11.5 Å². The molecular formula is C14H17NO3S2. The van der Waals surface area contributed by atoms with E-state index in [1.54, 1.807) is 29.6 Å². The summed E-state index contributed by atoms with van der Waals surface area (Å²) in [5.74, 6) is -0.399. The Bertz CT molecular complexity index is 650. The second-order valence-corrected chi connectivity index (χ2v) is 7.62. The van der Waals surface area contributed by atoms with Crippen LogP contribution in [0.1, 0.15) is 29.3 Å². The number of aliphatic hydroxyl groups excluding tert-OH is 1. The van der Waals surface area contributed by atoms with Crippen LogP contribution in [0.3, 0.4) is 0 Å². The predicted molar refractivity (Wildman–Crippen MR) is 80.4 cm³/mol. The summed E-state index contributed by atoms with van der Waals surface area (Å²) < 4.78 is 24.2. The number of aromatic nitrogens is 1. The zero-order valence-electron chi connectivity index (χ0n) is 11.2. The zero-order valence-corrected chi connectivity index (χ0v) is 12.8. The normalized spacial score (nSPS) is 13.3. The lowest BCUT2D eigenvalue weighted by Gasteiger charge is -2.10. The largest absolute Gasteiger partial charge is 0.387 e. The number of aliphatic hydroxyl groups is 1. The molecule has 0 aliphatic carbocycles. The molecule has 108 valence electrons. The van der Waals surface area contributed by atoms with Crippen LogP contribution >= 0.6 is 11.3 Å². The molecule has 1 atom stereocenters. The van der Waals surface area contributed by atoms with E-state index in [4.69, 9.17) is 0 Å². The molecule has 20 heavy (non-hydrogen) atoms. The molecule has 0 aliphatic heterocycles. The van der Waals surface area contributed by atoms with Crippen LogP contribution in [0.4, 0.5) is 0 Å². The van der Waals surface area contributed by atoms with Crippen molar-refractivity contribution in [2.24, 2.45) is 0 Å². The molecule has 0 fully saturated rings. The summed E-state index contributed by atoms with van der Waals surface area (Å²) in [6.07, 6.45) is -0.192. The van der Waals surface area contributed by atoms with Crippen LogP contribution in [0, 0.1) is 0 Å². The summed E-state index contributed by atoms with van der Waals surface area (Å²) in [5.41, 5.74) is 1.18. The number of rotatable bonds is 6. The van der Waals surface area contributed by atoms with Crippen molar-refractivity contribution in [1.29, 1.82) is 0 Å². The Morgan fingerprint density at radius 2 is 2.00 bits per heavy atom. The first-order valence-corrected chi connectivity index (χ1v) is 9.07. The number of nitrogens with zero attached hydrogens (tertiary/aromatic N) is 1. The number of benzene rings is 1. The standard InChI is InChI=1S/C14H17NO3S2/c1-2-14-15-12(8-19-14)9-20(17,18)10-13(16)11-6-4-3-5-7-11/h3-8,13,16H,2,9-10H2,1H3/t13-/m0/s1. The van der Waals surface area contributed by atoms with Crippen molar-refractivity contribution in [3.05, 3.63) is 52.0 Å². The third kappa shape index (κ3) is 4.13. The third-order valence-corrected chi connectivity index (χ3v) is 5.47. The van der Waals surface area contributed by atoms with Crippen LogP contribution in [-0.4, -0.2) is 24.3 Å². The molecule has 1 heterocycles. The highest BCUT2D eigenvalue weighted by Gasteiger charge is 2.20. The maximum Gasteiger partial charge on any atom is 0.158 e. The van der Waals surface area contributed by atoms with E-state index in [0.717, 1.165) is 11.4 Å². The molecule has 6 heteroatoms. The second kappa shape index (κ2) is 6.47. The van der Waals surface area contributed by atoms with Gasteiger partial charge in [0.15, 0.2) is 9.84 Å². The SMILES string of the molecule is CCc1nc(CS(=O)(=O)C[C@H](O)c2ccccc2)cs1. The zero-order chi connectivity index (χ0) is 14.6. The van der Waals surface area contributed by atoms with Gasteiger partial charge in [-0.15, -0.1) is 11.3 Å². The van der Waals surface area contributed by atoms with E-state index in [1.165, 1.54) is 11.3 Å². The average molecular weight is 311 g/mol. The molecule has 0 unspecified atom stereocenters. The number of aryl methyl sites for hydroxylation is 1. The van der Waals surface area contributed by atoms with Gasteiger partial charge in [-0.05, 0) is 12.0 Å². The Kier molecular flexibility index (Phi) is 4.91. The van der Waals surface area contributed by atoms with Crippen molar-refractivity contribution < 1.29 is 13.5 Å². The van der Waals surface area contributed by atoms with Crippen molar-refractivity contribution >= 4 is 21.2 Å². The molecule has 0 spiro atoms. The van der Waals surface area contributed by atoms with E-state index in [0.29, 0.717) is 11.3 Å². The molecule has 1 aromatic carbocycles. The predicted octanol–water partition coefficient (Wildman–Crippen LogP) is 2.35. The molecule has 1 aromatic heterocycles. The van der Waals surface area contributed by atoms with Gasteiger partial charge in [0, 0.05) is 5.38 Å². The topological polar surface area (TPSA) is 67.3 Å². The van der Waals surface area contributed by atoms with Gasteiger partial charge in [0.1, 0.15) is 0 Å². The Morgan fingerprint density at radius 3 is 2.60 bits per heavy atom. The van der Waals surface area contributed by atoms with Gasteiger partial charge >= 0.3 is 0 Å². The summed E-state index contributed by atoms with van der Waals surface area (Å²) in [5, 5.41) is 12.7. The van der Waals surface area contributed by atoms with Crippen molar-refractivity contribution in [1.82, 2.24) is 4.98 Å². The number of thiazole rings is 1. The number of sulfone groups is 1. The lowest BCUT2D eigenvalue weighted by Crippen LogP contribution is -2.16. The molecule has 0 bridgehead atoms. The molecule has 0 aliphatic rings. The van der Waals surface area contributed by atoms with E-state index in [9.17, 15) is 13.5 Å². The Labute approximate surface area is 123 Å². The van der Waals surface area contributed by atoms with Gasteiger partial charge in [0.25, 0.3) is 0 Å². The first-order chi connectivity index (χ1) is 9.50. The van der Waals surface area contributed by atoms with Crippen molar-refractivity contribution in [3.8, 4) is 0 Å². The van der Waals surface area contributed by atoms with Crippen LogP contribution in [-0.2, 0) is 22.0 Å². The molecule has 2 rings (SSSR count). The van der Waals surface area contributed by atoms with E-state index in [1.807, 2.05) is 13.0 Å². The Hall–Kier alpha value is -1.24. The first kappa shape index (κ1) is 15.2. The monoisotopic (exact) mass is 311 g/mol. The lowest BCUT2D eigenvalue weighted by molar-refractivity contribution is 0.201. The minimum absolute atomic E-state index is 0.118. The van der Waals surface area contributed by atoms with E-state index < -0.39 is 15.9 Å². The molecule has 1 N–H and O–H groups in total. The van der Waals surface area contributed by atoms with Crippen LogP contribution in [0.5, 0.6) is 0 Å². The van der Waals surface area contributed by atoms with E-state index in [2.05, 4.69) is 4.98 Å². The van der Waals surface area contributed by atoms with Crippen molar-refractivity contribution in [2.45, 2.75) is 25.2 Å². The van der Waals surface area contributed by atoms with Gasteiger partial charge < -0.3 is 5.11 Å². The van der Waals surface area contributed by atoms with Gasteiger partial charge in [-0.2, -0.15) is 0 Å². The average Bonchev–Trinajstić information content (AvgIpc) is 2.86. The molecule has 4 nitrogen and oxygen atoms in total. The summed E-state index contributed by atoms with van der Waals surface area (Å²) in [6, 6.07) is 8.82. The lowest BCUT2D eigenvalue weighted by atomic mass is 10.1. The molecular weight excluding hydrogens is 294 g/mol. The maximum atomic E-state index is 12.1. The minimum Gasteiger partial charge on any atom is -0.387 e. The minimum atomic E-state index is -3.38. The highest BCUT2D eigenvalue weighted by atomic mass is 32.2. The maximum absolute atomic E-state index is 12.1. The van der Waals surface area contributed by atoms with Gasteiger partial charge in [-0.3, -0.25) is 0 Å². The fraction of sp³-hybridized carbons (Fsp3) is 0.357.